The van der Waals surface area contributed by atoms with Gasteiger partial charge in [0.15, 0.2) is 5.69 Å². The van der Waals surface area contributed by atoms with E-state index >= 15 is 0 Å². The second-order valence-corrected chi connectivity index (χ2v) is 3.71. The van der Waals surface area contributed by atoms with E-state index in [2.05, 4.69) is 17.8 Å². The molecular weight excluding hydrogens is 210 g/mol. The van der Waals surface area contributed by atoms with E-state index in [4.69, 9.17) is 11.3 Å². The van der Waals surface area contributed by atoms with Crippen molar-refractivity contribution in [2.24, 2.45) is 0 Å². The van der Waals surface area contributed by atoms with Crippen molar-refractivity contribution in [1.29, 1.82) is 0 Å². The lowest BCUT2D eigenvalue weighted by Gasteiger charge is -2.07. The number of hydrogen-bond acceptors (Lipinski definition) is 1. The first kappa shape index (κ1) is 11.2. The number of benzene rings is 2. The molecule has 0 N–H and O–H groups in total. The van der Waals surface area contributed by atoms with Gasteiger partial charge >= 0.3 is 0 Å². The van der Waals surface area contributed by atoms with Crippen molar-refractivity contribution in [3.63, 3.8) is 0 Å². The SMILES string of the molecule is [C-]#[N+]c1cccc(Oc2cccc(CC)c2)c1. The molecule has 84 valence electrons. The molecule has 0 amide bonds. The monoisotopic (exact) mass is 223 g/mol. The first-order valence-corrected chi connectivity index (χ1v) is 5.56. The topological polar surface area (TPSA) is 13.6 Å². The predicted octanol–water partition coefficient (Wildman–Crippen LogP) is 4.59. The molecule has 0 saturated carbocycles. The maximum atomic E-state index is 6.95. The zero-order valence-corrected chi connectivity index (χ0v) is 9.68. The normalized spacial score (nSPS) is 9.65. The molecule has 0 aliphatic heterocycles. The molecule has 0 aromatic heterocycles. The average Bonchev–Trinajstić information content (AvgIpc) is 2.39. The minimum Gasteiger partial charge on any atom is -0.459 e. The van der Waals surface area contributed by atoms with Crippen molar-refractivity contribution < 1.29 is 4.74 Å². The molecule has 0 atom stereocenters. The largest absolute Gasteiger partial charge is 0.459 e. The van der Waals surface area contributed by atoms with Gasteiger partial charge in [0.2, 0.25) is 0 Å². The molecule has 0 spiro atoms. The Morgan fingerprint density at radius 2 is 1.76 bits per heavy atom. The summed E-state index contributed by atoms with van der Waals surface area (Å²) in [6.07, 6.45) is 0.985. The summed E-state index contributed by atoms with van der Waals surface area (Å²) < 4.78 is 5.72. The van der Waals surface area contributed by atoms with E-state index in [1.807, 2.05) is 30.3 Å². The summed E-state index contributed by atoms with van der Waals surface area (Å²) in [4.78, 5) is 3.38. The van der Waals surface area contributed by atoms with Crippen molar-refractivity contribution in [3.8, 4) is 11.5 Å². The quantitative estimate of drug-likeness (QED) is 0.694. The smallest absolute Gasteiger partial charge is 0.190 e. The van der Waals surface area contributed by atoms with Gasteiger partial charge in [0.25, 0.3) is 0 Å². The highest BCUT2D eigenvalue weighted by Crippen LogP contribution is 2.25. The highest BCUT2D eigenvalue weighted by molar-refractivity contribution is 5.49. The van der Waals surface area contributed by atoms with Gasteiger partial charge in [-0.15, -0.1) is 0 Å². The number of hydrogen-bond donors (Lipinski definition) is 0. The van der Waals surface area contributed by atoms with Crippen molar-refractivity contribution >= 4 is 5.69 Å². The van der Waals surface area contributed by atoms with E-state index in [0.717, 1.165) is 12.2 Å². The minimum atomic E-state index is 0.592. The summed E-state index contributed by atoms with van der Waals surface area (Å²) in [5.41, 5.74) is 1.83. The molecular formula is C15H13NO. The van der Waals surface area contributed by atoms with Crippen LogP contribution in [0, 0.1) is 6.57 Å². The Bertz CT molecular complexity index is 555. The van der Waals surface area contributed by atoms with E-state index in [-0.39, 0.29) is 0 Å². The lowest BCUT2D eigenvalue weighted by atomic mass is 10.2. The molecule has 0 saturated heterocycles. The standard InChI is InChI=1S/C15H13NO/c1-3-12-6-4-8-14(10-12)17-15-9-5-7-13(11-15)16-2/h4-11H,3H2,1H3. The fourth-order valence-corrected chi connectivity index (χ4v) is 1.58. The van der Waals surface area contributed by atoms with Crippen molar-refractivity contribution in [2.75, 3.05) is 0 Å². The number of rotatable bonds is 3. The van der Waals surface area contributed by atoms with Gasteiger partial charge in [-0.2, -0.15) is 0 Å². The summed E-state index contributed by atoms with van der Waals surface area (Å²) in [6, 6.07) is 15.2. The van der Waals surface area contributed by atoms with E-state index in [9.17, 15) is 0 Å². The predicted molar refractivity (Wildman–Crippen MR) is 68.6 cm³/mol. The van der Waals surface area contributed by atoms with Crippen LogP contribution in [0.5, 0.6) is 11.5 Å². The highest BCUT2D eigenvalue weighted by atomic mass is 16.5. The summed E-state index contributed by atoms with van der Waals surface area (Å²) in [6.45, 7) is 9.06. The maximum absolute atomic E-state index is 6.95. The molecule has 0 heterocycles. The van der Waals surface area contributed by atoms with E-state index < -0.39 is 0 Å². The first-order valence-electron chi connectivity index (χ1n) is 5.56. The molecule has 2 heteroatoms. The number of nitrogens with zero attached hydrogens (tertiary/aromatic N) is 1. The van der Waals surface area contributed by atoms with Crippen LogP contribution in [-0.2, 0) is 6.42 Å². The number of ether oxygens (including phenoxy) is 1. The zero-order valence-electron chi connectivity index (χ0n) is 9.68. The van der Waals surface area contributed by atoms with E-state index in [1.54, 1.807) is 12.1 Å². The van der Waals surface area contributed by atoms with Gasteiger partial charge < -0.3 is 4.74 Å². The molecule has 0 radical (unpaired) electrons. The summed E-state index contributed by atoms with van der Waals surface area (Å²) in [7, 11) is 0. The Morgan fingerprint density at radius 3 is 2.47 bits per heavy atom. The molecule has 0 fully saturated rings. The van der Waals surface area contributed by atoms with E-state index in [0.29, 0.717) is 11.4 Å². The third-order valence-corrected chi connectivity index (χ3v) is 2.49. The summed E-state index contributed by atoms with van der Waals surface area (Å²) in [5, 5.41) is 0. The van der Waals surface area contributed by atoms with Crippen molar-refractivity contribution in [2.45, 2.75) is 13.3 Å². The van der Waals surface area contributed by atoms with Crippen molar-refractivity contribution in [3.05, 3.63) is 65.5 Å². The Labute approximate surface area is 101 Å². The molecule has 2 nitrogen and oxygen atoms in total. The van der Waals surface area contributed by atoms with Crippen LogP contribution in [0.1, 0.15) is 12.5 Å². The fraction of sp³-hybridized carbons (Fsp3) is 0.133. The summed E-state index contributed by atoms with van der Waals surface area (Å²) in [5.74, 6) is 1.51. The van der Waals surface area contributed by atoms with Gasteiger partial charge in [-0.3, -0.25) is 0 Å². The molecule has 2 rings (SSSR count). The van der Waals surface area contributed by atoms with Gasteiger partial charge in [-0.05, 0) is 36.2 Å². The highest BCUT2D eigenvalue weighted by Gasteiger charge is 1.99. The first-order chi connectivity index (χ1) is 8.31. The van der Waals surface area contributed by atoms with Gasteiger partial charge in [-0.25, -0.2) is 4.85 Å². The zero-order chi connectivity index (χ0) is 12.1. The second-order valence-electron chi connectivity index (χ2n) is 3.71. The van der Waals surface area contributed by atoms with Crippen molar-refractivity contribution in [1.82, 2.24) is 0 Å². The molecule has 17 heavy (non-hydrogen) atoms. The molecule has 0 bridgehead atoms. The lowest BCUT2D eigenvalue weighted by molar-refractivity contribution is 0.482. The van der Waals surface area contributed by atoms with Crippen LogP contribution in [0.25, 0.3) is 4.85 Å². The average molecular weight is 223 g/mol. The molecule has 0 aliphatic carbocycles. The Morgan fingerprint density at radius 1 is 1.06 bits per heavy atom. The molecule has 0 unspecified atom stereocenters. The van der Waals surface area contributed by atoms with Crippen LogP contribution in [0.3, 0.4) is 0 Å². The van der Waals surface area contributed by atoms with Crippen LogP contribution >= 0.6 is 0 Å². The van der Waals surface area contributed by atoms with Gasteiger partial charge in [-0.1, -0.05) is 31.2 Å². The number of aryl methyl sites for hydroxylation is 1. The Hall–Kier alpha value is -2.27. The third kappa shape index (κ3) is 2.85. The lowest BCUT2D eigenvalue weighted by Crippen LogP contribution is -1.85. The van der Waals surface area contributed by atoms with Crippen LogP contribution in [-0.4, -0.2) is 0 Å². The molecule has 0 aliphatic rings. The molecule has 2 aromatic rings. The van der Waals surface area contributed by atoms with Gasteiger partial charge in [0, 0.05) is 0 Å². The third-order valence-electron chi connectivity index (χ3n) is 2.49. The van der Waals surface area contributed by atoms with Crippen LogP contribution in [0.4, 0.5) is 5.69 Å². The fourth-order valence-electron chi connectivity index (χ4n) is 1.58. The van der Waals surface area contributed by atoms with Gasteiger partial charge in [0.1, 0.15) is 11.5 Å². The summed E-state index contributed by atoms with van der Waals surface area (Å²) >= 11 is 0. The van der Waals surface area contributed by atoms with E-state index in [1.165, 1.54) is 5.56 Å². The Balaban J connectivity index is 2.22. The second kappa shape index (κ2) is 5.18. The minimum absolute atomic E-state index is 0.592. The van der Waals surface area contributed by atoms with Gasteiger partial charge in [0.05, 0.1) is 6.57 Å². The Kier molecular flexibility index (Phi) is 3.42. The van der Waals surface area contributed by atoms with Crippen LogP contribution in [0.2, 0.25) is 0 Å². The van der Waals surface area contributed by atoms with Crippen LogP contribution in [0.15, 0.2) is 48.5 Å². The maximum Gasteiger partial charge on any atom is 0.190 e. The molecule has 2 aromatic carbocycles. The van der Waals surface area contributed by atoms with Crippen LogP contribution < -0.4 is 4.74 Å².